The van der Waals surface area contributed by atoms with Crippen LogP contribution in [0.1, 0.15) is 0 Å². The maximum atomic E-state index is 12.3. The SMILES string of the molecule is COc1ccc(N)cc1S(=O)(=O)Nc1ccc(Br)cn1. The lowest BCUT2D eigenvalue weighted by Crippen LogP contribution is -2.15. The molecule has 0 aliphatic heterocycles. The molecule has 0 fully saturated rings. The highest BCUT2D eigenvalue weighted by Gasteiger charge is 2.20. The third kappa shape index (κ3) is 3.20. The zero-order valence-electron chi connectivity index (χ0n) is 10.5. The van der Waals surface area contributed by atoms with E-state index in [1.54, 1.807) is 18.2 Å². The second-order valence-corrected chi connectivity index (χ2v) is 6.44. The third-order valence-electron chi connectivity index (χ3n) is 2.44. The maximum absolute atomic E-state index is 12.3. The van der Waals surface area contributed by atoms with Crippen molar-refractivity contribution in [2.75, 3.05) is 17.6 Å². The van der Waals surface area contributed by atoms with Gasteiger partial charge < -0.3 is 10.5 Å². The minimum atomic E-state index is -3.82. The normalized spacial score (nSPS) is 11.1. The lowest BCUT2D eigenvalue weighted by Gasteiger charge is -2.11. The summed E-state index contributed by atoms with van der Waals surface area (Å²) in [6, 6.07) is 7.62. The molecule has 0 atom stereocenters. The van der Waals surface area contributed by atoms with Crippen LogP contribution >= 0.6 is 15.9 Å². The molecule has 0 radical (unpaired) electrons. The Morgan fingerprint density at radius 1 is 1.30 bits per heavy atom. The van der Waals surface area contributed by atoms with Gasteiger partial charge in [-0.2, -0.15) is 0 Å². The number of benzene rings is 1. The monoisotopic (exact) mass is 357 g/mol. The summed E-state index contributed by atoms with van der Waals surface area (Å²) in [4.78, 5) is 3.92. The van der Waals surface area contributed by atoms with Crippen molar-refractivity contribution in [3.8, 4) is 5.75 Å². The largest absolute Gasteiger partial charge is 0.495 e. The van der Waals surface area contributed by atoms with Gasteiger partial charge >= 0.3 is 0 Å². The molecule has 6 nitrogen and oxygen atoms in total. The van der Waals surface area contributed by atoms with Gasteiger partial charge in [0.15, 0.2) is 0 Å². The number of aromatic nitrogens is 1. The van der Waals surface area contributed by atoms with Crippen LogP contribution in [0.5, 0.6) is 5.75 Å². The van der Waals surface area contributed by atoms with E-state index in [-0.39, 0.29) is 16.5 Å². The molecule has 0 unspecified atom stereocenters. The van der Waals surface area contributed by atoms with Gasteiger partial charge in [-0.05, 0) is 46.3 Å². The van der Waals surface area contributed by atoms with E-state index in [4.69, 9.17) is 10.5 Å². The Labute approximate surface area is 125 Å². The van der Waals surface area contributed by atoms with Crippen molar-refractivity contribution in [3.05, 3.63) is 41.0 Å². The molecule has 1 heterocycles. The van der Waals surface area contributed by atoms with E-state index in [1.165, 1.54) is 25.4 Å². The van der Waals surface area contributed by atoms with Gasteiger partial charge in [0, 0.05) is 16.4 Å². The number of pyridine rings is 1. The highest BCUT2D eigenvalue weighted by molar-refractivity contribution is 9.10. The lowest BCUT2D eigenvalue weighted by atomic mass is 10.3. The van der Waals surface area contributed by atoms with Crippen LogP contribution in [-0.2, 0) is 10.0 Å². The maximum Gasteiger partial charge on any atom is 0.266 e. The van der Waals surface area contributed by atoms with Gasteiger partial charge in [-0.25, -0.2) is 13.4 Å². The number of rotatable bonds is 4. The molecular weight excluding hydrogens is 346 g/mol. The van der Waals surface area contributed by atoms with Gasteiger partial charge in [-0.15, -0.1) is 0 Å². The van der Waals surface area contributed by atoms with Crippen molar-refractivity contribution in [3.63, 3.8) is 0 Å². The second-order valence-electron chi connectivity index (χ2n) is 3.88. The number of methoxy groups -OCH3 is 1. The summed E-state index contributed by atoms with van der Waals surface area (Å²) in [7, 11) is -2.43. The van der Waals surface area contributed by atoms with E-state index in [2.05, 4.69) is 25.6 Å². The average Bonchev–Trinajstić information content (AvgIpc) is 2.41. The standard InChI is InChI=1S/C12H12BrN3O3S/c1-19-10-4-3-9(14)6-11(10)20(17,18)16-12-5-2-8(13)7-15-12/h2-7H,14H2,1H3,(H,15,16). The Morgan fingerprint density at radius 2 is 2.05 bits per heavy atom. The number of halogens is 1. The number of nitrogen functional groups attached to an aromatic ring is 1. The minimum absolute atomic E-state index is 0.0373. The van der Waals surface area contributed by atoms with Crippen molar-refractivity contribution < 1.29 is 13.2 Å². The quantitative estimate of drug-likeness (QED) is 0.818. The number of hydrogen-bond acceptors (Lipinski definition) is 5. The molecule has 2 aromatic rings. The summed E-state index contributed by atoms with van der Waals surface area (Å²) < 4.78 is 32.8. The molecule has 0 aliphatic rings. The van der Waals surface area contributed by atoms with Crippen LogP contribution in [0.2, 0.25) is 0 Å². The zero-order chi connectivity index (χ0) is 14.8. The van der Waals surface area contributed by atoms with Crippen molar-refractivity contribution in [1.29, 1.82) is 0 Å². The molecule has 106 valence electrons. The summed E-state index contributed by atoms with van der Waals surface area (Å²) in [5, 5.41) is 0. The fraction of sp³-hybridized carbons (Fsp3) is 0.0833. The molecule has 0 aliphatic carbocycles. The van der Waals surface area contributed by atoms with Crippen LogP contribution in [0.3, 0.4) is 0 Å². The van der Waals surface area contributed by atoms with E-state index in [0.29, 0.717) is 5.69 Å². The van der Waals surface area contributed by atoms with Crippen LogP contribution in [0.25, 0.3) is 0 Å². The first-order valence-electron chi connectivity index (χ1n) is 5.50. The fourth-order valence-corrected chi connectivity index (χ4v) is 2.98. The number of hydrogen-bond donors (Lipinski definition) is 2. The predicted molar refractivity (Wildman–Crippen MR) is 80.2 cm³/mol. The number of nitrogens with two attached hydrogens (primary N) is 1. The highest BCUT2D eigenvalue weighted by atomic mass is 79.9. The van der Waals surface area contributed by atoms with E-state index < -0.39 is 10.0 Å². The zero-order valence-corrected chi connectivity index (χ0v) is 12.9. The van der Waals surface area contributed by atoms with Crippen molar-refractivity contribution in [2.45, 2.75) is 4.90 Å². The average molecular weight is 358 g/mol. The summed E-state index contributed by atoms with van der Waals surface area (Å²) in [6.45, 7) is 0. The Kier molecular flexibility index (Phi) is 4.15. The minimum Gasteiger partial charge on any atom is -0.495 e. The molecule has 0 saturated heterocycles. The molecule has 2 rings (SSSR count). The Morgan fingerprint density at radius 3 is 2.65 bits per heavy atom. The summed E-state index contributed by atoms with van der Waals surface area (Å²) >= 11 is 3.23. The van der Waals surface area contributed by atoms with Crippen LogP contribution in [-0.4, -0.2) is 20.5 Å². The number of ether oxygens (including phenoxy) is 1. The van der Waals surface area contributed by atoms with Gasteiger partial charge in [0.05, 0.1) is 7.11 Å². The van der Waals surface area contributed by atoms with Gasteiger partial charge in [0.2, 0.25) is 0 Å². The first kappa shape index (κ1) is 14.6. The Bertz CT molecular complexity index is 717. The van der Waals surface area contributed by atoms with E-state index in [9.17, 15) is 8.42 Å². The van der Waals surface area contributed by atoms with Crippen molar-refractivity contribution in [1.82, 2.24) is 4.98 Å². The number of sulfonamides is 1. The first-order chi connectivity index (χ1) is 9.42. The number of anilines is 2. The van der Waals surface area contributed by atoms with Gasteiger partial charge in [-0.1, -0.05) is 0 Å². The van der Waals surface area contributed by atoms with Crippen molar-refractivity contribution in [2.24, 2.45) is 0 Å². The fourth-order valence-electron chi connectivity index (χ4n) is 1.53. The van der Waals surface area contributed by atoms with Crippen LogP contribution in [0, 0.1) is 0 Å². The molecule has 0 bridgehead atoms. The highest BCUT2D eigenvalue weighted by Crippen LogP contribution is 2.27. The van der Waals surface area contributed by atoms with E-state index in [0.717, 1.165) is 4.47 Å². The molecule has 1 aromatic carbocycles. The van der Waals surface area contributed by atoms with E-state index >= 15 is 0 Å². The molecule has 20 heavy (non-hydrogen) atoms. The number of nitrogens with zero attached hydrogens (tertiary/aromatic N) is 1. The molecule has 0 saturated carbocycles. The third-order valence-corrected chi connectivity index (χ3v) is 4.29. The predicted octanol–water partition coefficient (Wildman–Crippen LogP) is 2.24. The van der Waals surface area contributed by atoms with Gasteiger partial charge in [-0.3, -0.25) is 4.72 Å². The summed E-state index contributed by atoms with van der Waals surface area (Å²) in [6.07, 6.45) is 1.49. The van der Waals surface area contributed by atoms with E-state index in [1.807, 2.05) is 0 Å². The molecule has 1 aromatic heterocycles. The molecule has 8 heteroatoms. The molecule has 0 spiro atoms. The van der Waals surface area contributed by atoms with Crippen LogP contribution in [0.15, 0.2) is 45.9 Å². The number of nitrogens with one attached hydrogen (secondary N) is 1. The van der Waals surface area contributed by atoms with Gasteiger partial charge in [0.1, 0.15) is 16.5 Å². The summed E-state index contributed by atoms with van der Waals surface area (Å²) in [5.74, 6) is 0.418. The Balaban J connectivity index is 2.40. The first-order valence-corrected chi connectivity index (χ1v) is 7.78. The molecule has 0 amide bonds. The topological polar surface area (TPSA) is 94.3 Å². The summed E-state index contributed by atoms with van der Waals surface area (Å²) in [5.41, 5.74) is 5.95. The van der Waals surface area contributed by atoms with Crippen LogP contribution < -0.4 is 15.2 Å². The Hall–Kier alpha value is -1.80. The van der Waals surface area contributed by atoms with Crippen molar-refractivity contribution >= 4 is 37.5 Å². The molecular formula is C12H12BrN3O3S. The lowest BCUT2D eigenvalue weighted by molar-refractivity contribution is 0.403. The van der Waals surface area contributed by atoms with Gasteiger partial charge in [0.25, 0.3) is 10.0 Å². The van der Waals surface area contributed by atoms with Crippen LogP contribution in [0.4, 0.5) is 11.5 Å². The second kappa shape index (κ2) is 5.68. The molecule has 3 N–H and O–H groups in total. The smallest absolute Gasteiger partial charge is 0.266 e.